The Morgan fingerprint density at radius 1 is 1.20 bits per heavy atom. The molecule has 0 spiro atoms. The molecule has 0 aliphatic rings. The van der Waals surface area contributed by atoms with Gasteiger partial charge in [-0.1, -0.05) is 30.3 Å². The number of hydrogen-bond donors (Lipinski definition) is 2. The zero-order valence-electron chi connectivity index (χ0n) is 13.5. The van der Waals surface area contributed by atoms with Crippen LogP contribution >= 0.6 is 0 Å². The first-order valence-electron chi connectivity index (χ1n) is 7.85. The molecular formula is C18H18N4O3. The van der Waals surface area contributed by atoms with E-state index in [9.17, 15) is 9.59 Å². The molecule has 128 valence electrons. The molecule has 2 heterocycles. The van der Waals surface area contributed by atoms with Crippen LogP contribution < -0.4 is 16.6 Å². The van der Waals surface area contributed by atoms with Gasteiger partial charge in [0.2, 0.25) is 5.91 Å². The molecule has 0 radical (unpaired) electrons. The fraction of sp³-hybridized carbons (Fsp3) is 0.167. The third kappa shape index (κ3) is 4.14. The van der Waals surface area contributed by atoms with E-state index in [1.807, 2.05) is 30.3 Å². The van der Waals surface area contributed by atoms with E-state index in [1.54, 1.807) is 12.1 Å². The van der Waals surface area contributed by atoms with Gasteiger partial charge >= 0.3 is 0 Å². The lowest BCUT2D eigenvalue weighted by atomic mass is 10.1. The Hall–Kier alpha value is -3.35. The molecule has 0 unspecified atom stereocenters. The molecule has 0 saturated heterocycles. The maximum atomic E-state index is 12.1. The highest BCUT2D eigenvalue weighted by atomic mass is 16.3. The monoisotopic (exact) mass is 338 g/mol. The minimum Gasteiger partial charge on any atom is -0.463 e. The Balaban J connectivity index is 1.65. The molecular weight excluding hydrogens is 320 g/mol. The number of anilines is 1. The third-order valence-electron chi connectivity index (χ3n) is 3.65. The number of hydrogen-bond acceptors (Lipinski definition) is 5. The topological polar surface area (TPSA) is 103 Å². The summed E-state index contributed by atoms with van der Waals surface area (Å²) >= 11 is 0. The standard InChI is InChI=1S/C18H18N4O3/c19-14-11-15(16-7-4-10-25-16)21-22(18(14)24)12-17(23)20-9-8-13-5-2-1-3-6-13/h1-7,10-11H,8-9,12,19H2,(H,20,23). The van der Waals surface area contributed by atoms with Crippen LogP contribution in [0.4, 0.5) is 5.69 Å². The molecule has 1 aromatic carbocycles. The number of carbonyl (C=O) groups is 1. The Morgan fingerprint density at radius 3 is 2.72 bits per heavy atom. The molecule has 0 atom stereocenters. The first kappa shape index (κ1) is 16.5. The molecule has 0 aliphatic heterocycles. The van der Waals surface area contributed by atoms with E-state index in [1.165, 1.54) is 12.3 Å². The zero-order chi connectivity index (χ0) is 17.6. The van der Waals surface area contributed by atoms with Gasteiger partial charge in [-0.2, -0.15) is 5.10 Å². The van der Waals surface area contributed by atoms with Gasteiger partial charge in [-0.3, -0.25) is 9.59 Å². The van der Waals surface area contributed by atoms with E-state index < -0.39 is 5.56 Å². The van der Waals surface area contributed by atoms with Gasteiger partial charge in [0.05, 0.1) is 6.26 Å². The molecule has 3 N–H and O–H groups in total. The van der Waals surface area contributed by atoms with Gasteiger partial charge in [0.15, 0.2) is 5.76 Å². The number of nitrogens with zero attached hydrogens (tertiary/aromatic N) is 2. The van der Waals surface area contributed by atoms with Crippen LogP contribution in [-0.2, 0) is 17.8 Å². The molecule has 0 saturated carbocycles. The first-order valence-corrected chi connectivity index (χ1v) is 7.85. The summed E-state index contributed by atoms with van der Waals surface area (Å²) in [6, 6.07) is 14.7. The van der Waals surface area contributed by atoms with Crippen LogP contribution in [0.3, 0.4) is 0 Å². The van der Waals surface area contributed by atoms with Crippen molar-refractivity contribution in [3.63, 3.8) is 0 Å². The fourth-order valence-electron chi connectivity index (χ4n) is 2.40. The summed E-state index contributed by atoms with van der Waals surface area (Å²) in [6.45, 7) is 0.275. The van der Waals surface area contributed by atoms with E-state index >= 15 is 0 Å². The summed E-state index contributed by atoms with van der Waals surface area (Å²) in [6.07, 6.45) is 2.21. The lowest BCUT2D eigenvalue weighted by Gasteiger charge is -2.09. The molecule has 0 fully saturated rings. The molecule has 2 aromatic heterocycles. The normalized spacial score (nSPS) is 10.6. The summed E-state index contributed by atoms with van der Waals surface area (Å²) in [7, 11) is 0. The number of amides is 1. The molecule has 0 aliphatic carbocycles. The lowest BCUT2D eigenvalue weighted by molar-refractivity contribution is -0.121. The fourth-order valence-corrected chi connectivity index (χ4v) is 2.40. The molecule has 3 rings (SSSR count). The number of benzene rings is 1. The largest absolute Gasteiger partial charge is 0.463 e. The van der Waals surface area contributed by atoms with Crippen molar-refractivity contribution < 1.29 is 9.21 Å². The highest BCUT2D eigenvalue weighted by molar-refractivity contribution is 5.75. The number of nitrogens with two attached hydrogens (primary N) is 1. The van der Waals surface area contributed by atoms with Gasteiger partial charge in [-0.15, -0.1) is 0 Å². The smallest absolute Gasteiger partial charge is 0.290 e. The third-order valence-corrected chi connectivity index (χ3v) is 3.65. The van der Waals surface area contributed by atoms with Crippen LogP contribution in [-0.4, -0.2) is 22.2 Å². The van der Waals surface area contributed by atoms with Gasteiger partial charge < -0.3 is 15.5 Å². The van der Waals surface area contributed by atoms with Crippen molar-refractivity contribution in [1.29, 1.82) is 0 Å². The Labute approximate surface area is 144 Å². The number of rotatable bonds is 6. The second kappa shape index (κ2) is 7.48. The van der Waals surface area contributed by atoms with Crippen molar-refractivity contribution in [2.45, 2.75) is 13.0 Å². The molecule has 7 heteroatoms. The molecule has 1 amide bonds. The van der Waals surface area contributed by atoms with Crippen LogP contribution in [0.25, 0.3) is 11.5 Å². The predicted octanol–water partition coefficient (Wildman–Crippen LogP) is 1.44. The van der Waals surface area contributed by atoms with Crippen molar-refractivity contribution >= 4 is 11.6 Å². The van der Waals surface area contributed by atoms with Crippen molar-refractivity contribution in [2.24, 2.45) is 0 Å². The lowest BCUT2D eigenvalue weighted by Crippen LogP contribution is -2.35. The molecule has 7 nitrogen and oxygen atoms in total. The summed E-state index contributed by atoms with van der Waals surface area (Å²) in [4.78, 5) is 24.2. The Kier molecular flexibility index (Phi) is 4.94. The first-order chi connectivity index (χ1) is 12.1. The molecule has 3 aromatic rings. The van der Waals surface area contributed by atoms with Crippen molar-refractivity contribution in [2.75, 3.05) is 12.3 Å². The molecule has 0 bridgehead atoms. The summed E-state index contributed by atoms with van der Waals surface area (Å²) in [5.41, 5.74) is 6.77. The van der Waals surface area contributed by atoms with E-state index in [-0.39, 0.29) is 18.1 Å². The number of furan rings is 1. The van der Waals surface area contributed by atoms with Gasteiger partial charge in [-0.25, -0.2) is 4.68 Å². The number of carbonyl (C=O) groups excluding carboxylic acids is 1. The minimum absolute atomic E-state index is 0.0125. The average molecular weight is 338 g/mol. The second-order valence-corrected chi connectivity index (χ2v) is 5.51. The summed E-state index contributed by atoms with van der Waals surface area (Å²) in [5.74, 6) is 0.173. The van der Waals surface area contributed by atoms with Crippen molar-refractivity contribution in [1.82, 2.24) is 15.1 Å². The Morgan fingerprint density at radius 2 is 2.00 bits per heavy atom. The SMILES string of the molecule is Nc1cc(-c2ccco2)nn(CC(=O)NCCc2ccccc2)c1=O. The highest BCUT2D eigenvalue weighted by Gasteiger charge is 2.12. The summed E-state index contributed by atoms with van der Waals surface area (Å²) < 4.78 is 6.30. The maximum absolute atomic E-state index is 12.1. The van der Waals surface area contributed by atoms with E-state index in [0.717, 1.165) is 10.2 Å². The van der Waals surface area contributed by atoms with E-state index in [4.69, 9.17) is 10.2 Å². The van der Waals surface area contributed by atoms with Gasteiger partial charge in [-0.05, 0) is 30.2 Å². The van der Waals surface area contributed by atoms with Gasteiger partial charge in [0, 0.05) is 6.54 Å². The minimum atomic E-state index is -0.506. The van der Waals surface area contributed by atoms with Gasteiger partial charge in [0.25, 0.3) is 5.56 Å². The maximum Gasteiger partial charge on any atom is 0.290 e. The Bertz CT molecular complexity index is 902. The highest BCUT2D eigenvalue weighted by Crippen LogP contribution is 2.17. The van der Waals surface area contributed by atoms with Crippen LogP contribution in [0, 0.1) is 0 Å². The average Bonchev–Trinajstić information content (AvgIpc) is 3.14. The van der Waals surface area contributed by atoms with Crippen LogP contribution in [0.1, 0.15) is 5.56 Å². The van der Waals surface area contributed by atoms with Gasteiger partial charge in [0.1, 0.15) is 17.9 Å². The zero-order valence-corrected chi connectivity index (χ0v) is 13.5. The predicted molar refractivity (Wildman–Crippen MR) is 93.8 cm³/mol. The van der Waals surface area contributed by atoms with Crippen LogP contribution in [0.2, 0.25) is 0 Å². The number of aromatic nitrogens is 2. The van der Waals surface area contributed by atoms with Crippen LogP contribution in [0.5, 0.6) is 0 Å². The molecule has 25 heavy (non-hydrogen) atoms. The van der Waals surface area contributed by atoms with Crippen LogP contribution in [0.15, 0.2) is 64.0 Å². The number of nitrogen functional groups attached to an aromatic ring is 1. The van der Waals surface area contributed by atoms with Crippen molar-refractivity contribution in [3.8, 4) is 11.5 Å². The van der Waals surface area contributed by atoms with E-state index in [2.05, 4.69) is 10.4 Å². The number of nitrogens with one attached hydrogen (secondary N) is 1. The van der Waals surface area contributed by atoms with Crippen molar-refractivity contribution in [3.05, 3.63) is 70.7 Å². The summed E-state index contributed by atoms with van der Waals surface area (Å²) in [5, 5.41) is 6.93. The quantitative estimate of drug-likeness (QED) is 0.708. The van der Waals surface area contributed by atoms with E-state index in [0.29, 0.717) is 24.4 Å². The second-order valence-electron chi connectivity index (χ2n) is 5.51.